The largest absolute Gasteiger partial charge is 0.394 e. The van der Waals surface area contributed by atoms with E-state index < -0.39 is 5.54 Å². The third-order valence-electron chi connectivity index (χ3n) is 3.56. The summed E-state index contributed by atoms with van der Waals surface area (Å²) >= 11 is 1.61. The molecule has 0 saturated heterocycles. The molecule has 4 heteroatoms. The molecule has 1 aromatic heterocycles. The average molecular weight is 253 g/mol. The van der Waals surface area contributed by atoms with Crippen LogP contribution in [0.3, 0.4) is 0 Å². The highest BCUT2D eigenvalue weighted by Crippen LogP contribution is 2.31. The van der Waals surface area contributed by atoms with E-state index in [0.29, 0.717) is 0 Å². The summed E-state index contributed by atoms with van der Waals surface area (Å²) in [6, 6.07) is 2.03. The van der Waals surface area contributed by atoms with Crippen LogP contribution in [0, 0.1) is 0 Å². The van der Waals surface area contributed by atoms with Crippen LogP contribution in [-0.4, -0.2) is 35.1 Å². The first-order chi connectivity index (χ1) is 7.95. The summed E-state index contributed by atoms with van der Waals surface area (Å²) < 4.78 is 0. The Morgan fingerprint density at radius 3 is 2.82 bits per heavy atom. The lowest BCUT2D eigenvalue weighted by Crippen LogP contribution is -2.47. The van der Waals surface area contributed by atoms with Crippen molar-refractivity contribution in [2.24, 2.45) is 0 Å². The van der Waals surface area contributed by atoms with Gasteiger partial charge in [-0.25, -0.2) is 0 Å². The van der Waals surface area contributed by atoms with Crippen molar-refractivity contribution >= 4 is 17.2 Å². The number of hydrogen-bond acceptors (Lipinski definition) is 3. The Labute approximate surface area is 106 Å². The van der Waals surface area contributed by atoms with Gasteiger partial charge in [0.25, 0.3) is 5.91 Å². The van der Waals surface area contributed by atoms with Gasteiger partial charge in [-0.3, -0.25) is 4.79 Å². The van der Waals surface area contributed by atoms with E-state index in [2.05, 4.69) is 0 Å². The summed E-state index contributed by atoms with van der Waals surface area (Å²) in [5, 5.41) is 9.29. The van der Waals surface area contributed by atoms with Crippen molar-refractivity contribution in [1.29, 1.82) is 0 Å². The summed E-state index contributed by atoms with van der Waals surface area (Å²) in [5.41, 5.74) is 0.833. The minimum Gasteiger partial charge on any atom is -0.394 e. The maximum Gasteiger partial charge on any atom is 0.264 e. The minimum atomic E-state index is -0.508. The first-order valence-corrected chi connectivity index (χ1v) is 6.78. The van der Waals surface area contributed by atoms with E-state index in [1.165, 1.54) is 16.9 Å². The molecule has 17 heavy (non-hydrogen) atoms. The molecule has 1 N–H and O–H groups in total. The molecule has 1 amide bonds. The highest BCUT2D eigenvalue weighted by Gasteiger charge is 2.29. The molecule has 0 atom stereocenters. The number of aliphatic hydroxyl groups is 1. The summed E-state index contributed by atoms with van der Waals surface area (Å²) in [7, 11) is 1.75. The second-order valence-electron chi connectivity index (χ2n) is 5.25. The van der Waals surface area contributed by atoms with Crippen molar-refractivity contribution in [3.63, 3.8) is 0 Å². The molecule has 2 rings (SSSR count). The predicted octanol–water partition coefficient (Wildman–Crippen LogP) is 2.08. The molecule has 0 radical (unpaired) electrons. The van der Waals surface area contributed by atoms with E-state index in [9.17, 15) is 9.90 Å². The number of aryl methyl sites for hydroxylation is 2. The maximum atomic E-state index is 12.3. The van der Waals surface area contributed by atoms with Crippen molar-refractivity contribution < 1.29 is 9.90 Å². The van der Waals surface area contributed by atoms with E-state index in [4.69, 9.17) is 0 Å². The topological polar surface area (TPSA) is 40.5 Å². The van der Waals surface area contributed by atoms with Gasteiger partial charge in [0.1, 0.15) is 0 Å². The number of amides is 1. The second kappa shape index (κ2) is 4.42. The van der Waals surface area contributed by atoms with Gasteiger partial charge >= 0.3 is 0 Å². The number of likely N-dealkylation sites (N-methyl/N-ethyl adjacent to an activating group) is 1. The molecule has 0 unspecified atom stereocenters. The van der Waals surface area contributed by atoms with Crippen LogP contribution >= 0.6 is 11.3 Å². The number of carbonyl (C=O) groups excluding carboxylic acids is 1. The lowest BCUT2D eigenvalue weighted by atomic mass is 10.0. The molecular formula is C13H19NO2S. The Hall–Kier alpha value is -0.870. The van der Waals surface area contributed by atoms with Crippen LogP contribution in [0.5, 0.6) is 0 Å². The highest BCUT2D eigenvalue weighted by molar-refractivity contribution is 7.14. The standard InChI is InChI=1S/C13H19NO2S/c1-13(2,8-15)14(3)12(16)11-7-9-5-4-6-10(9)17-11/h7,15H,4-6,8H2,1-3H3. The number of rotatable bonds is 3. The predicted molar refractivity (Wildman–Crippen MR) is 69.6 cm³/mol. The fraction of sp³-hybridized carbons (Fsp3) is 0.615. The quantitative estimate of drug-likeness (QED) is 0.896. The van der Waals surface area contributed by atoms with Crippen LogP contribution in [0.2, 0.25) is 0 Å². The number of fused-ring (bicyclic) bond motifs is 1. The zero-order valence-electron chi connectivity index (χ0n) is 10.6. The fourth-order valence-corrected chi connectivity index (χ4v) is 3.21. The van der Waals surface area contributed by atoms with Crippen LogP contribution in [0.25, 0.3) is 0 Å². The molecular weight excluding hydrogens is 234 g/mol. The fourth-order valence-electron chi connectivity index (χ4n) is 1.98. The van der Waals surface area contributed by atoms with E-state index in [0.717, 1.165) is 17.7 Å². The molecule has 0 aromatic carbocycles. The zero-order chi connectivity index (χ0) is 12.6. The van der Waals surface area contributed by atoms with Gasteiger partial charge in [0.2, 0.25) is 0 Å². The van der Waals surface area contributed by atoms with Crippen LogP contribution in [0.15, 0.2) is 6.07 Å². The zero-order valence-corrected chi connectivity index (χ0v) is 11.4. The first kappa shape index (κ1) is 12.6. The van der Waals surface area contributed by atoms with Gasteiger partial charge in [-0.1, -0.05) is 0 Å². The van der Waals surface area contributed by atoms with Crippen LogP contribution in [0.4, 0.5) is 0 Å². The Morgan fingerprint density at radius 1 is 1.53 bits per heavy atom. The summed E-state index contributed by atoms with van der Waals surface area (Å²) in [4.78, 5) is 16.1. The number of aliphatic hydroxyl groups excluding tert-OH is 1. The van der Waals surface area contributed by atoms with Crippen LogP contribution in [0.1, 0.15) is 40.4 Å². The highest BCUT2D eigenvalue weighted by atomic mass is 32.1. The molecule has 0 fully saturated rings. The lowest BCUT2D eigenvalue weighted by molar-refractivity contribution is 0.0477. The Balaban J connectivity index is 2.19. The summed E-state index contributed by atoms with van der Waals surface area (Å²) in [6.45, 7) is 3.71. The molecule has 0 spiro atoms. The molecule has 1 heterocycles. The molecule has 1 aliphatic rings. The van der Waals surface area contributed by atoms with Crippen LogP contribution < -0.4 is 0 Å². The van der Waals surface area contributed by atoms with E-state index in [1.807, 2.05) is 19.9 Å². The van der Waals surface area contributed by atoms with Gasteiger partial charge in [0.05, 0.1) is 17.0 Å². The van der Waals surface area contributed by atoms with E-state index in [1.54, 1.807) is 23.3 Å². The first-order valence-electron chi connectivity index (χ1n) is 5.96. The van der Waals surface area contributed by atoms with Gasteiger partial charge in [-0.15, -0.1) is 11.3 Å². The average Bonchev–Trinajstić information content (AvgIpc) is 2.86. The van der Waals surface area contributed by atoms with E-state index in [-0.39, 0.29) is 12.5 Å². The summed E-state index contributed by atoms with van der Waals surface area (Å²) in [5.74, 6) is 0.0171. The smallest absolute Gasteiger partial charge is 0.264 e. The van der Waals surface area contributed by atoms with Gasteiger partial charge in [0.15, 0.2) is 0 Å². The Kier molecular flexibility index (Phi) is 3.27. The number of nitrogens with zero attached hydrogens (tertiary/aromatic N) is 1. The van der Waals surface area contributed by atoms with Crippen molar-refractivity contribution in [3.05, 3.63) is 21.4 Å². The Bertz CT molecular complexity index is 415. The van der Waals surface area contributed by atoms with Crippen molar-refractivity contribution in [2.45, 2.75) is 38.6 Å². The summed E-state index contributed by atoms with van der Waals surface area (Å²) in [6.07, 6.45) is 3.43. The lowest BCUT2D eigenvalue weighted by Gasteiger charge is -2.33. The maximum absolute atomic E-state index is 12.3. The van der Waals surface area contributed by atoms with Gasteiger partial charge < -0.3 is 10.0 Å². The SMILES string of the molecule is CN(C(=O)c1cc2c(s1)CCC2)C(C)(C)CO. The Morgan fingerprint density at radius 2 is 2.24 bits per heavy atom. The van der Waals surface area contributed by atoms with Crippen molar-refractivity contribution in [1.82, 2.24) is 4.90 Å². The second-order valence-corrected chi connectivity index (χ2v) is 6.38. The van der Waals surface area contributed by atoms with Crippen LogP contribution in [-0.2, 0) is 12.8 Å². The molecule has 94 valence electrons. The molecule has 1 aliphatic carbocycles. The van der Waals surface area contributed by atoms with Gasteiger partial charge in [-0.05, 0) is 44.7 Å². The molecule has 1 aromatic rings. The minimum absolute atomic E-state index is 0.0171. The van der Waals surface area contributed by atoms with Gasteiger partial charge in [-0.2, -0.15) is 0 Å². The number of carbonyl (C=O) groups is 1. The molecule has 0 saturated carbocycles. The molecule has 3 nitrogen and oxygen atoms in total. The van der Waals surface area contributed by atoms with Gasteiger partial charge in [0, 0.05) is 11.9 Å². The molecule has 0 bridgehead atoms. The monoisotopic (exact) mass is 253 g/mol. The number of thiophene rings is 1. The van der Waals surface area contributed by atoms with E-state index >= 15 is 0 Å². The number of hydrogen-bond donors (Lipinski definition) is 1. The van der Waals surface area contributed by atoms with Crippen molar-refractivity contribution in [3.8, 4) is 0 Å². The third-order valence-corrected chi connectivity index (χ3v) is 4.78. The molecule has 0 aliphatic heterocycles. The normalized spacial score (nSPS) is 14.8. The third kappa shape index (κ3) is 2.24. The van der Waals surface area contributed by atoms with Crippen molar-refractivity contribution in [2.75, 3.05) is 13.7 Å².